The molecule has 0 spiro atoms. The van der Waals surface area contributed by atoms with Crippen LogP contribution in [0.2, 0.25) is 0 Å². The van der Waals surface area contributed by atoms with Crippen molar-refractivity contribution in [2.24, 2.45) is 5.92 Å². The Morgan fingerprint density at radius 3 is 2.54 bits per heavy atom. The Morgan fingerprint density at radius 1 is 1.12 bits per heavy atom. The van der Waals surface area contributed by atoms with Gasteiger partial charge in [-0.1, -0.05) is 18.2 Å². The van der Waals surface area contributed by atoms with Crippen molar-refractivity contribution in [1.82, 2.24) is 9.62 Å². The molecule has 24 heavy (non-hydrogen) atoms. The van der Waals surface area contributed by atoms with Crippen molar-refractivity contribution in [2.45, 2.75) is 29.8 Å². The van der Waals surface area contributed by atoms with E-state index in [2.05, 4.69) is 4.72 Å². The van der Waals surface area contributed by atoms with Crippen LogP contribution in [0.25, 0.3) is 0 Å². The van der Waals surface area contributed by atoms with Gasteiger partial charge in [-0.05, 0) is 43.0 Å². The molecule has 1 amide bonds. The molecule has 3 atom stereocenters. The highest BCUT2D eigenvalue weighted by Crippen LogP contribution is 2.39. The summed E-state index contributed by atoms with van der Waals surface area (Å²) >= 11 is 0. The van der Waals surface area contributed by atoms with Gasteiger partial charge >= 0.3 is 0 Å². The topological polar surface area (TPSA) is 79.6 Å². The van der Waals surface area contributed by atoms with E-state index in [1.165, 1.54) is 6.26 Å². The first-order valence-corrected chi connectivity index (χ1v) is 9.45. The van der Waals surface area contributed by atoms with Gasteiger partial charge in [-0.2, -0.15) is 0 Å². The first-order valence-electron chi connectivity index (χ1n) is 7.96. The fraction of sp³-hybridized carbons (Fsp3) is 0.353. The zero-order valence-corrected chi connectivity index (χ0v) is 13.8. The molecule has 1 saturated heterocycles. The molecule has 4 rings (SSSR count). The first kappa shape index (κ1) is 15.4. The van der Waals surface area contributed by atoms with Gasteiger partial charge in [-0.3, -0.25) is 4.79 Å². The molecule has 1 aliphatic carbocycles. The van der Waals surface area contributed by atoms with Gasteiger partial charge in [0.1, 0.15) is 0 Å². The van der Waals surface area contributed by atoms with E-state index < -0.39 is 10.0 Å². The van der Waals surface area contributed by atoms with Gasteiger partial charge < -0.3 is 9.32 Å². The van der Waals surface area contributed by atoms with Crippen molar-refractivity contribution in [3.8, 4) is 0 Å². The number of nitrogens with one attached hydrogen (secondary N) is 1. The average Bonchev–Trinajstić information content (AvgIpc) is 3.31. The summed E-state index contributed by atoms with van der Waals surface area (Å²) < 4.78 is 32.9. The zero-order valence-electron chi connectivity index (χ0n) is 13.0. The van der Waals surface area contributed by atoms with E-state index in [0.29, 0.717) is 18.7 Å². The molecule has 1 aliphatic heterocycles. The Hall–Kier alpha value is -2.12. The van der Waals surface area contributed by atoms with Crippen LogP contribution in [0.1, 0.15) is 23.4 Å². The molecule has 2 aliphatic rings. The molecule has 0 unspecified atom stereocenters. The highest BCUT2D eigenvalue weighted by Gasteiger charge is 2.48. The second-order valence-corrected chi connectivity index (χ2v) is 8.07. The van der Waals surface area contributed by atoms with Crippen LogP contribution in [0.15, 0.2) is 58.0 Å². The highest BCUT2D eigenvalue weighted by atomic mass is 32.2. The molecule has 1 aromatic carbocycles. The van der Waals surface area contributed by atoms with E-state index in [-0.39, 0.29) is 28.8 Å². The van der Waals surface area contributed by atoms with Crippen LogP contribution in [0.3, 0.4) is 0 Å². The van der Waals surface area contributed by atoms with Gasteiger partial charge in [0.25, 0.3) is 5.91 Å². The second-order valence-electron chi connectivity index (χ2n) is 6.36. The third-order valence-electron chi connectivity index (χ3n) is 4.89. The third-order valence-corrected chi connectivity index (χ3v) is 6.40. The summed E-state index contributed by atoms with van der Waals surface area (Å²) in [7, 11) is -3.52. The third kappa shape index (κ3) is 2.63. The lowest BCUT2D eigenvalue weighted by Crippen LogP contribution is -2.47. The van der Waals surface area contributed by atoms with Gasteiger partial charge in [-0.25, -0.2) is 13.1 Å². The van der Waals surface area contributed by atoms with Gasteiger partial charge in [0, 0.05) is 18.6 Å². The first-order chi connectivity index (χ1) is 11.5. The summed E-state index contributed by atoms with van der Waals surface area (Å²) in [5.74, 6) is 0.369. The van der Waals surface area contributed by atoms with E-state index in [0.717, 1.165) is 6.42 Å². The number of likely N-dealkylation sites (tertiary alicyclic amines) is 1. The summed E-state index contributed by atoms with van der Waals surface area (Å²) in [5.41, 5.74) is 0. The van der Waals surface area contributed by atoms with Crippen LogP contribution in [0.4, 0.5) is 0 Å². The Morgan fingerprint density at radius 2 is 1.92 bits per heavy atom. The van der Waals surface area contributed by atoms with Gasteiger partial charge in [0.2, 0.25) is 10.0 Å². The molecule has 126 valence electrons. The normalized spacial score (nSPS) is 26.0. The number of benzene rings is 1. The molecule has 6 nitrogen and oxygen atoms in total. The molecule has 2 aromatic rings. The minimum atomic E-state index is -3.52. The second kappa shape index (κ2) is 5.75. The smallest absolute Gasteiger partial charge is 0.289 e. The van der Waals surface area contributed by atoms with Crippen molar-refractivity contribution < 1.29 is 17.6 Å². The van der Waals surface area contributed by atoms with Crippen LogP contribution in [0.5, 0.6) is 0 Å². The Labute approximate surface area is 140 Å². The van der Waals surface area contributed by atoms with E-state index in [1.54, 1.807) is 47.4 Å². The Kier molecular flexibility index (Phi) is 3.69. The Balaban J connectivity index is 1.45. The van der Waals surface area contributed by atoms with Crippen LogP contribution in [0, 0.1) is 5.92 Å². The van der Waals surface area contributed by atoms with Gasteiger partial charge in [0.05, 0.1) is 11.2 Å². The number of furan rings is 1. The molecule has 1 aromatic heterocycles. The zero-order chi connectivity index (χ0) is 16.7. The van der Waals surface area contributed by atoms with Crippen LogP contribution in [-0.2, 0) is 10.0 Å². The quantitative estimate of drug-likeness (QED) is 0.916. The Bertz CT molecular complexity index is 833. The van der Waals surface area contributed by atoms with Crippen molar-refractivity contribution in [3.05, 3.63) is 54.5 Å². The number of nitrogens with zero attached hydrogens (tertiary/aromatic N) is 1. The number of hydrogen-bond acceptors (Lipinski definition) is 4. The molecule has 1 N–H and O–H groups in total. The number of sulfonamides is 1. The van der Waals surface area contributed by atoms with Gasteiger partial charge in [-0.15, -0.1) is 0 Å². The van der Waals surface area contributed by atoms with Crippen LogP contribution < -0.4 is 4.72 Å². The van der Waals surface area contributed by atoms with Crippen molar-refractivity contribution in [2.75, 3.05) is 6.54 Å². The van der Waals surface area contributed by atoms with E-state index >= 15 is 0 Å². The molecular formula is C17H18N2O4S. The van der Waals surface area contributed by atoms with Crippen molar-refractivity contribution >= 4 is 15.9 Å². The lowest BCUT2D eigenvalue weighted by Gasteiger charge is -2.31. The maximum absolute atomic E-state index is 12.5. The highest BCUT2D eigenvalue weighted by molar-refractivity contribution is 7.89. The number of rotatable bonds is 4. The standard InChI is InChI=1S/C17H18N2O4S/c20-17(16-7-4-8-23-16)19-11-12-9-13(19)10-15(12)18-24(21,22)14-5-2-1-3-6-14/h1-8,12-13,15,18H,9-11H2/t12-,13-,15-/m0/s1. The lowest BCUT2D eigenvalue weighted by atomic mass is 10.0. The monoisotopic (exact) mass is 346 g/mol. The van der Waals surface area contributed by atoms with E-state index in [9.17, 15) is 13.2 Å². The largest absolute Gasteiger partial charge is 0.459 e. The van der Waals surface area contributed by atoms with Gasteiger partial charge in [0.15, 0.2) is 5.76 Å². The minimum absolute atomic E-state index is 0.0658. The number of fused-ring (bicyclic) bond motifs is 2. The van der Waals surface area contributed by atoms with Crippen LogP contribution in [-0.4, -0.2) is 37.9 Å². The van der Waals surface area contributed by atoms with Crippen molar-refractivity contribution in [1.29, 1.82) is 0 Å². The molecule has 0 radical (unpaired) electrons. The van der Waals surface area contributed by atoms with Crippen molar-refractivity contribution in [3.63, 3.8) is 0 Å². The number of hydrogen-bond donors (Lipinski definition) is 1. The molecule has 7 heteroatoms. The predicted octanol–water partition coefficient (Wildman–Crippen LogP) is 1.86. The van der Waals surface area contributed by atoms with E-state index in [1.807, 2.05) is 0 Å². The number of piperidine rings is 1. The summed E-state index contributed by atoms with van der Waals surface area (Å²) in [6, 6.07) is 11.7. The number of carbonyl (C=O) groups excluding carboxylic acids is 1. The van der Waals surface area contributed by atoms with E-state index in [4.69, 9.17) is 4.42 Å². The summed E-state index contributed by atoms with van der Waals surface area (Å²) in [5, 5.41) is 0. The number of carbonyl (C=O) groups is 1. The van der Waals surface area contributed by atoms with Crippen LogP contribution >= 0.6 is 0 Å². The number of amides is 1. The minimum Gasteiger partial charge on any atom is -0.459 e. The predicted molar refractivity (Wildman–Crippen MR) is 86.8 cm³/mol. The molecule has 2 bridgehead atoms. The fourth-order valence-electron chi connectivity index (χ4n) is 3.76. The maximum Gasteiger partial charge on any atom is 0.289 e. The maximum atomic E-state index is 12.5. The fourth-order valence-corrected chi connectivity index (χ4v) is 5.09. The average molecular weight is 346 g/mol. The molecule has 2 fully saturated rings. The summed E-state index contributed by atoms with van der Waals surface area (Å²) in [6.45, 7) is 0.562. The molecule has 1 saturated carbocycles. The molecule has 2 heterocycles. The summed E-state index contributed by atoms with van der Waals surface area (Å²) in [6.07, 6.45) is 2.95. The lowest BCUT2D eigenvalue weighted by molar-refractivity contribution is 0.0659. The summed E-state index contributed by atoms with van der Waals surface area (Å²) in [4.78, 5) is 14.5. The molecular weight excluding hydrogens is 328 g/mol. The SMILES string of the molecule is O=C(c1ccco1)N1C[C@@H]2C[C@H]1C[C@@H]2NS(=O)(=O)c1ccccc1.